The zero-order valence-electron chi connectivity index (χ0n) is 9.80. The van der Waals surface area contributed by atoms with Crippen LogP contribution in [0, 0.1) is 5.92 Å². The molecule has 0 saturated heterocycles. The van der Waals surface area contributed by atoms with Crippen molar-refractivity contribution in [2.24, 2.45) is 5.92 Å². The monoisotopic (exact) mass is 274 g/mol. The average molecular weight is 275 g/mol. The third-order valence-electron chi connectivity index (χ3n) is 3.06. The van der Waals surface area contributed by atoms with Gasteiger partial charge in [0.05, 0.1) is 11.6 Å². The molecule has 1 aromatic heterocycles. The van der Waals surface area contributed by atoms with Gasteiger partial charge in [0.1, 0.15) is 10.8 Å². The van der Waals surface area contributed by atoms with Crippen LogP contribution in [-0.4, -0.2) is 18.6 Å². The predicted octanol–water partition coefficient (Wildman–Crippen LogP) is 4.00. The van der Waals surface area contributed by atoms with Crippen LogP contribution in [0.4, 0.5) is 5.82 Å². The molecular formula is C12H16Cl2N2O. The number of ether oxygens (including phenoxy) is 1. The summed E-state index contributed by atoms with van der Waals surface area (Å²) in [4.78, 5) is 4.25. The molecule has 3 nitrogen and oxygen atoms in total. The summed E-state index contributed by atoms with van der Waals surface area (Å²) < 4.78 is 5.68. The van der Waals surface area contributed by atoms with Gasteiger partial charge in [-0.15, -0.1) is 0 Å². The van der Waals surface area contributed by atoms with E-state index in [0.717, 1.165) is 0 Å². The Balaban J connectivity index is 2.03. The maximum atomic E-state index is 6.04. The number of hydrogen-bond donors (Lipinski definition) is 1. The molecule has 0 amide bonds. The van der Waals surface area contributed by atoms with Gasteiger partial charge >= 0.3 is 0 Å². The van der Waals surface area contributed by atoms with Crippen molar-refractivity contribution in [1.82, 2.24) is 4.98 Å². The molecule has 1 saturated carbocycles. The zero-order chi connectivity index (χ0) is 12.3. The van der Waals surface area contributed by atoms with Crippen molar-refractivity contribution in [3.05, 3.63) is 16.1 Å². The van der Waals surface area contributed by atoms with Crippen LogP contribution in [0.3, 0.4) is 0 Å². The van der Waals surface area contributed by atoms with Gasteiger partial charge in [0.25, 0.3) is 0 Å². The molecule has 1 heterocycles. The second-order valence-electron chi connectivity index (χ2n) is 4.32. The van der Waals surface area contributed by atoms with Crippen molar-refractivity contribution < 1.29 is 4.74 Å². The van der Waals surface area contributed by atoms with Crippen LogP contribution in [-0.2, 0) is 0 Å². The van der Waals surface area contributed by atoms with Gasteiger partial charge in [-0.05, 0) is 24.8 Å². The largest absolute Gasteiger partial charge is 0.476 e. The first-order valence-corrected chi connectivity index (χ1v) is 6.63. The SMILES string of the molecule is CNc1nc(OCC2CCCC2)c(Cl)cc1Cl. The van der Waals surface area contributed by atoms with Crippen LogP contribution >= 0.6 is 23.2 Å². The smallest absolute Gasteiger partial charge is 0.234 e. The molecular weight excluding hydrogens is 259 g/mol. The van der Waals surface area contributed by atoms with E-state index in [0.29, 0.717) is 34.3 Å². The minimum absolute atomic E-state index is 0.465. The number of nitrogens with zero attached hydrogens (tertiary/aromatic N) is 1. The predicted molar refractivity (Wildman–Crippen MR) is 71.3 cm³/mol. The van der Waals surface area contributed by atoms with E-state index in [1.54, 1.807) is 13.1 Å². The molecule has 1 aliphatic rings. The molecule has 1 aromatic rings. The number of anilines is 1. The number of aromatic nitrogens is 1. The molecule has 2 rings (SSSR count). The molecule has 17 heavy (non-hydrogen) atoms. The van der Waals surface area contributed by atoms with E-state index >= 15 is 0 Å². The van der Waals surface area contributed by atoms with Crippen LogP contribution in [0.1, 0.15) is 25.7 Å². The highest BCUT2D eigenvalue weighted by Gasteiger charge is 2.17. The fraction of sp³-hybridized carbons (Fsp3) is 0.583. The van der Waals surface area contributed by atoms with E-state index < -0.39 is 0 Å². The Bertz CT molecular complexity index is 392. The number of hydrogen-bond acceptors (Lipinski definition) is 3. The molecule has 0 aliphatic heterocycles. The lowest BCUT2D eigenvalue weighted by molar-refractivity contribution is 0.244. The van der Waals surface area contributed by atoms with Crippen LogP contribution in [0.25, 0.3) is 0 Å². The normalized spacial score (nSPS) is 16.2. The third-order valence-corrected chi connectivity index (χ3v) is 3.62. The third kappa shape index (κ3) is 3.17. The highest BCUT2D eigenvalue weighted by atomic mass is 35.5. The topological polar surface area (TPSA) is 34.2 Å². The molecule has 0 unspecified atom stereocenters. The average Bonchev–Trinajstić information content (AvgIpc) is 2.81. The molecule has 5 heteroatoms. The van der Waals surface area contributed by atoms with E-state index in [1.807, 2.05) is 0 Å². The zero-order valence-corrected chi connectivity index (χ0v) is 11.3. The highest BCUT2D eigenvalue weighted by molar-refractivity contribution is 6.36. The van der Waals surface area contributed by atoms with Gasteiger partial charge in [0, 0.05) is 7.05 Å². The fourth-order valence-electron chi connectivity index (χ4n) is 2.10. The second kappa shape index (κ2) is 5.78. The van der Waals surface area contributed by atoms with Crippen molar-refractivity contribution >= 4 is 29.0 Å². The molecule has 0 aromatic carbocycles. The molecule has 1 N–H and O–H groups in total. The van der Waals surface area contributed by atoms with Crippen LogP contribution < -0.4 is 10.1 Å². The molecule has 94 valence electrons. The number of pyridine rings is 1. The van der Waals surface area contributed by atoms with Crippen molar-refractivity contribution in [1.29, 1.82) is 0 Å². The molecule has 1 aliphatic carbocycles. The van der Waals surface area contributed by atoms with Gasteiger partial charge in [-0.1, -0.05) is 36.0 Å². The quantitative estimate of drug-likeness (QED) is 0.901. The van der Waals surface area contributed by atoms with Gasteiger partial charge in [-0.25, -0.2) is 0 Å². The molecule has 0 spiro atoms. The summed E-state index contributed by atoms with van der Waals surface area (Å²) in [6.07, 6.45) is 5.09. The first-order chi connectivity index (χ1) is 8.20. The summed E-state index contributed by atoms with van der Waals surface area (Å²) in [6, 6.07) is 1.66. The van der Waals surface area contributed by atoms with E-state index in [2.05, 4.69) is 10.3 Å². The minimum atomic E-state index is 0.465. The van der Waals surface area contributed by atoms with Gasteiger partial charge in [0.15, 0.2) is 0 Å². The van der Waals surface area contributed by atoms with Crippen molar-refractivity contribution in [3.8, 4) is 5.88 Å². The molecule has 0 radical (unpaired) electrons. The van der Waals surface area contributed by atoms with E-state index in [1.165, 1.54) is 25.7 Å². The lowest BCUT2D eigenvalue weighted by Gasteiger charge is -2.13. The minimum Gasteiger partial charge on any atom is -0.476 e. The first-order valence-electron chi connectivity index (χ1n) is 5.87. The summed E-state index contributed by atoms with van der Waals surface area (Å²) in [7, 11) is 1.77. The van der Waals surface area contributed by atoms with E-state index in [9.17, 15) is 0 Å². The maximum absolute atomic E-state index is 6.04. The first kappa shape index (κ1) is 12.8. The van der Waals surface area contributed by atoms with E-state index in [-0.39, 0.29) is 0 Å². The summed E-state index contributed by atoms with van der Waals surface area (Å²) in [5.41, 5.74) is 0. The van der Waals surface area contributed by atoms with Crippen molar-refractivity contribution in [2.45, 2.75) is 25.7 Å². The summed E-state index contributed by atoms with van der Waals surface area (Å²) in [5.74, 6) is 1.70. The molecule has 0 atom stereocenters. The Hall–Kier alpha value is -0.670. The molecule has 1 fully saturated rings. The number of nitrogens with one attached hydrogen (secondary N) is 1. The summed E-state index contributed by atoms with van der Waals surface area (Å²) in [5, 5.41) is 3.88. The Morgan fingerprint density at radius 1 is 1.35 bits per heavy atom. The van der Waals surface area contributed by atoms with Gasteiger partial charge in [0.2, 0.25) is 5.88 Å². The Morgan fingerprint density at radius 3 is 2.71 bits per heavy atom. The Kier molecular flexibility index (Phi) is 4.35. The van der Waals surface area contributed by atoms with E-state index in [4.69, 9.17) is 27.9 Å². The van der Waals surface area contributed by atoms with Crippen LogP contribution in [0.2, 0.25) is 10.0 Å². The summed E-state index contributed by atoms with van der Waals surface area (Å²) >= 11 is 12.0. The second-order valence-corrected chi connectivity index (χ2v) is 5.13. The van der Waals surface area contributed by atoms with Gasteiger partial charge < -0.3 is 10.1 Å². The van der Waals surface area contributed by atoms with Gasteiger partial charge in [-0.3, -0.25) is 0 Å². The standard InChI is InChI=1S/C12H16Cl2N2O/c1-15-11-9(13)6-10(14)12(16-11)17-7-8-4-2-3-5-8/h6,8H,2-5,7H2,1H3,(H,15,16). The fourth-order valence-corrected chi connectivity index (χ4v) is 2.61. The lowest BCUT2D eigenvalue weighted by atomic mass is 10.1. The number of rotatable bonds is 4. The van der Waals surface area contributed by atoms with Gasteiger partial charge in [-0.2, -0.15) is 4.98 Å². The molecule has 0 bridgehead atoms. The summed E-state index contributed by atoms with van der Waals surface area (Å²) in [6.45, 7) is 0.692. The van der Waals surface area contributed by atoms with Crippen LogP contribution in [0.5, 0.6) is 5.88 Å². The lowest BCUT2D eigenvalue weighted by Crippen LogP contribution is -2.09. The Morgan fingerprint density at radius 2 is 2.06 bits per heavy atom. The highest BCUT2D eigenvalue weighted by Crippen LogP contribution is 2.32. The van der Waals surface area contributed by atoms with Crippen molar-refractivity contribution in [2.75, 3.05) is 19.0 Å². The van der Waals surface area contributed by atoms with Crippen molar-refractivity contribution in [3.63, 3.8) is 0 Å². The van der Waals surface area contributed by atoms with Crippen LogP contribution in [0.15, 0.2) is 6.07 Å². The maximum Gasteiger partial charge on any atom is 0.234 e. The number of halogens is 2. The Labute approximate surface area is 111 Å².